The fourth-order valence-corrected chi connectivity index (χ4v) is 1.70. The van der Waals surface area contributed by atoms with E-state index in [0.717, 1.165) is 12.1 Å². The zero-order valence-corrected chi connectivity index (χ0v) is 10.5. The predicted molar refractivity (Wildman–Crippen MR) is 69.8 cm³/mol. The van der Waals surface area contributed by atoms with Crippen molar-refractivity contribution in [3.8, 4) is 0 Å². The van der Waals surface area contributed by atoms with Crippen LogP contribution in [0.15, 0.2) is 18.2 Å². The molecule has 0 saturated heterocycles. The van der Waals surface area contributed by atoms with E-state index in [-0.39, 0.29) is 17.1 Å². The number of nitrogens with one attached hydrogen (secondary N) is 1. The first-order valence-corrected chi connectivity index (χ1v) is 5.64. The van der Waals surface area contributed by atoms with Crippen LogP contribution in [0.4, 0.5) is 40.3 Å². The third-order valence-corrected chi connectivity index (χ3v) is 2.94. The molecule has 0 fully saturated rings. The molecule has 3 nitrogen and oxygen atoms in total. The largest absolute Gasteiger partial charge is 0.397 e. The molecule has 0 aromatic heterocycles. The summed E-state index contributed by atoms with van der Waals surface area (Å²) in [4.78, 5) is 0. The van der Waals surface area contributed by atoms with Gasteiger partial charge in [0.2, 0.25) is 0 Å². The zero-order valence-electron chi connectivity index (χ0n) is 9.78. The van der Waals surface area contributed by atoms with Crippen LogP contribution in [0.5, 0.6) is 0 Å². The van der Waals surface area contributed by atoms with Crippen LogP contribution < -0.4 is 16.8 Å². The van der Waals surface area contributed by atoms with Crippen molar-refractivity contribution in [2.45, 2.75) is 0 Å². The normalized spacial score (nSPS) is 10.7. The second-order valence-electron chi connectivity index (χ2n) is 3.91. The Kier molecular flexibility index (Phi) is 3.63. The Balaban J connectivity index is 2.51. The lowest BCUT2D eigenvalue weighted by Gasteiger charge is -2.13. The summed E-state index contributed by atoms with van der Waals surface area (Å²) in [6, 6.07) is 2.75. The topological polar surface area (TPSA) is 64.1 Å². The van der Waals surface area contributed by atoms with Gasteiger partial charge in [-0.05, 0) is 18.2 Å². The maximum Gasteiger partial charge on any atom is 0.196 e. The van der Waals surface area contributed by atoms with Crippen molar-refractivity contribution in [3.63, 3.8) is 0 Å². The van der Waals surface area contributed by atoms with Gasteiger partial charge in [0.1, 0.15) is 5.02 Å². The molecule has 0 atom stereocenters. The van der Waals surface area contributed by atoms with E-state index in [1.165, 1.54) is 0 Å². The quantitative estimate of drug-likeness (QED) is 0.449. The number of hydrogen-bond donors (Lipinski definition) is 3. The molecule has 0 aliphatic carbocycles. The van der Waals surface area contributed by atoms with E-state index in [9.17, 15) is 17.6 Å². The van der Waals surface area contributed by atoms with Gasteiger partial charge in [0.25, 0.3) is 0 Å². The fraction of sp³-hybridized carbons (Fsp3) is 0. The lowest BCUT2D eigenvalue weighted by Crippen LogP contribution is -2.05. The van der Waals surface area contributed by atoms with Crippen molar-refractivity contribution in [1.29, 1.82) is 0 Å². The van der Waals surface area contributed by atoms with Gasteiger partial charge in [0, 0.05) is 0 Å². The average molecular weight is 306 g/mol. The zero-order chi connectivity index (χ0) is 15.0. The van der Waals surface area contributed by atoms with Gasteiger partial charge in [0.15, 0.2) is 23.3 Å². The van der Waals surface area contributed by atoms with Crippen molar-refractivity contribution >= 4 is 34.4 Å². The molecular weight excluding hydrogens is 298 g/mol. The van der Waals surface area contributed by atoms with E-state index in [0.29, 0.717) is 6.07 Å². The van der Waals surface area contributed by atoms with Crippen LogP contribution in [0.2, 0.25) is 5.02 Å². The highest BCUT2D eigenvalue weighted by atomic mass is 35.5. The number of hydrogen-bond acceptors (Lipinski definition) is 3. The Morgan fingerprint density at radius 3 is 2.20 bits per heavy atom. The number of halogens is 5. The minimum absolute atomic E-state index is 0.0991. The number of benzene rings is 2. The van der Waals surface area contributed by atoms with Crippen LogP contribution in [0.3, 0.4) is 0 Å². The van der Waals surface area contributed by atoms with Crippen LogP contribution in [0, 0.1) is 23.3 Å². The summed E-state index contributed by atoms with van der Waals surface area (Å²) in [5, 5.41) is 1.81. The van der Waals surface area contributed by atoms with Crippen LogP contribution in [0.25, 0.3) is 0 Å². The standard InChI is InChI=1S/C12H8ClF4N3/c13-8-5(18)3-6(19)12(11(8)17)20-7-2-1-4(14)9(15)10(7)16/h1-3,20H,18-19H2. The summed E-state index contributed by atoms with van der Waals surface area (Å²) in [6.07, 6.45) is 0. The average Bonchev–Trinajstić information content (AvgIpc) is 2.41. The Bertz CT molecular complexity index is 691. The van der Waals surface area contributed by atoms with Gasteiger partial charge >= 0.3 is 0 Å². The summed E-state index contributed by atoms with van der Waals surface area (Å²) in [5.74, 6) is -5.57. The molecule has 0 saturated carbocycles. The third-order valence-electron chi connectivity index (χ3n) is 2.56. The van der Waals surface area contributed by atoms with Crippen LogP contribution in [-0.4, -0.2) is 0 Å². The lowest BCUT2D eigenvalue weighted by molar-refractivity contribution is 0.449. The second-order valence-corrected chi connectivity index (χ2v) is 4.28. The number of nitrogens with two attached hydrogens (primary N) is 2. The van der Waals surface area contributed by atoms with E-state index >= 15 is 0 Å². The molecule has 2 aromatic carbocycles. The van der Waals surface area contributed by atoms with Crippen molar-refractivity contribution in [3.05, 3.63) is 46.5 Å². The van der Waals surface area contributed by atoms with E-state index in [1.54, 1.807) is 0 Å². The summed E-state index contributed by atoms with van der Waals surface area (Å²) < 4.78 is 53.2. The molecule has 0 heterocycles. The maximum atomic E-state index is 13.9. The van der Waals surface area contributed by atoms with E-state index < -0.39 is 34.0 Å². The van der Waals surface area contributed by atoms with Crippen molar-refractivity contribution in [1.82, 2.24) is 0 Å². The SMILES string of the molecule is Nc1cc(N)c(Nc2ccc(F)c(F)c2F)c(F)c1Cl. The highest BCUT2D eigenvalue weighted by molar-refractivity contribution is 6.33. The molecule has 0 amide bonds. The number of anilines is 4. The molecule has 0 aliphatic heterocycles. The number of rotatable bonds is 2. The summed E-state index contributed by atoms with van der Waals surface area (Å²) in [7, 11) is 0. The molecular formula is C12H8ClF4N3. The molecule has 8 heteroatoms. The van der Waals surface area contributed by atoms with Gasteiger partial charge in [-0.15, -0.1) is 0 Å². The van der Waals surface area contributed by atoms with Gasteiger partial charge in [-0.25, -0.2) is 17.6 Å². The summed E-state index contributed by atoms with van der Waals surface area (Å²) in [6.45, 7) is 0. The van der Waals surface area contributed by atoms with Crippen LogP contribution in [0.1, 0.15) is 0 Å². The Morgan fingerprint density at radius 1 is 0.900 bits per heavy atom. The molecule has 20 heavy (non-hydrogen) atoms. The second kappa shape index (κ2) is 5.09. The first kappa shape index (κ1) is 14.3. The molecule has 0 radical (unpaired) electrons. The minimum atomic E-state index is -1.68. The molecule has 0 spiro atoms. The first-order chi connectivity index (χ1) is 9.32. The first-order valence-electron chi connectivity index (χ1n) is 5.26. The highest BCUT2D eigenvalue weighted by Crippen LogP contribution is 2.36. The van der Waals surface area contributed by atoms with E-state index in [1.807, 2.05) is 0 Å². The van der Waals surface area contributed by atoms with Gasteiger partial charge in [-0.2, -0.15) is 0 Å². The van der Waals surface area contributed by atoms with E-state index in [2.05, 4.69) is 5.32 Å². The molecule has 5 N–H and O–H groups in total. The van der Waals surface area contributed by atoms with Crippen molar-refractivity contribution < 1.29 is 17.6 Å². The smallest absolute Gasteiger partial charge is 0.196 e. The van der Waals surface area contributed by atoms with Gasteiger partial charge < -0.3 is 16.8 Å². The summed E-state index contributed by atoms with van der Waals surface area (Å²) in [5.41, 5.74) is 9.79. The lowest BCUT2D eigenvalue weighted by atomic mass is 10.2. The minimum Gasteiger partial charge on any atom is -0.397 e. The monoisotopic (exact) mass is 305 g/mol. The fourth-order valence-electron chi connectivity index (χ4n) is 1.55. The third kappa shape index (κ3) is 2.32. The summed E-state index contributed by atoms with van der Waals surface area (Å²) >= 11 is 5.59. The number of nitrogen functional groups attached to an aromatic ring is 2. The van der Waals surface area contributed by atoms with Crippen LogP contribution in [-0.2, 0) is 0 Å². The molecule has 0 aliphatic rings. The van der Waals surface area contributed by atoms with Gasteiger partial charge in [-0.3, -0.25) is 0 Å². The van der Waals surface area contributed by atoms with Crippen molar-refractivity contribution in [2.75, 3.05) is 16.8 Å². The van der Waals surface area contributed by atoms with Crippen LogP contribution >= 0.6 is 11.6 Å². The predicted octanol–water partition coefficient (Wildman–Crippen LogP) is 3.80. The van der Waals surface area contributed by atoms with Crippen molar-refractivity contribution in [2.24, 2.45) is 0 Å². The molecule has 2 rings (SSSR count). The molecule has 0 unspecified atom stereocenters. The Hall–Kier alpha value is -2.15. The van der Waals surface area contributed by atoms with Gasteiger partial charge in [0.05, 0.1) is 22.7 Å². The highest BCUT2D eigenvalue weighted by Gasteiger charge is 2.18. The van der Waals surface area contributed by atoms with E-state index in [4.69, 9.17) is 23.1 Å². The maximum absolute atomic E-state index is 13.9. The Morgan fingerprint density at radius 2 is 1.55 bits per heavy atom. The molecule has 106 valence electrons. The van der Waals surface area contributed by atoms with Gasteiger partial charge in [-0.1, -0.05) is 11.6 Å². The molecule has 0 bridgehead atoms. The Labute approximate surface area is 116 Å². The molecule has 2 aromatic rings.